The van der Waals surface area contributed by atoms with Crippen LogP contribution in [0.4, 0.5) is 5.69 Å². The van der Waals surface area contributed by atoms with Crippen LogP contribution in [-0.2, 0) is 19.9 Å². The minimum atomic E-state index is -3.80. The van der Waals surface area contributed by atoms with E-state index in [0.717, 1.165) is 4.31 Å². The topological polar surface area (TPSA) is 97.5 Å². The number of rotatable bonds is 2. The zero-order valence-electron chi connectivity index (χ0n) is 10.6. The number of nitrogens with two attached hydrogens (primary N) is 1. The lowest BCUT2D eigenvalue weighted by atomic mass is 10.3. The number of sulfone groups is 1. The molecule has 2 N–H and O–H groups in total. The smallest absolute Gasteiger partial charge is 0.245 e. The second kappa shape index (κ2) is 5.51. The van der Waals surface area contributed by atoms with Gasteiger partial charge in [0.2, 0.25) is 10.0 Å². The first-order valence-corrected chi connectivity index (χ1v) is 9.62. The molecule has 0 saturated carbocycles. The minimum Gasteiger partial charge on any atom is -0.398 e. The van der Waals surface area contributed by atoms with Crippen LogP contribution in [0, 0.1) is 0 Å². The lowest BCUT2D eigenvalue weighted by molar-refractivity contribution is 0.435. The van der Waals surface area contributed by atoms with E-state index in [-0.39, 0.29) is 41.6 Å². The van der Waals surface area contributed by atoms with Gasteiger partial charge in [-0.3, -0.25) is 0 Å². The fourth-order valence-electron chi connectivity index (χ4n) is 2.05. The monoisotopic (exact) mass is 338 g/mol. The first-order chi connectivity index (χ1) is 9.22. The number of hydrogen-bond acceptors (Lipinski definition) is 5. The van der Waals surface area contributed by atoms with Crippen LogP contribution in [0.5, 0.6) is 0 Å². The number of halogens is 1. The average molecular weight is 339 g/mol. The van der Waals surface area contributed by atoms with Gasteiger partial charge in [0.05, 0.1) is 17.2 Å². The van der Waals surface area contributed by atoms with Gasteiger partial charge in [-0.25, -0.2) is 16.8 Å². The molecule has 0 radical (unpaired) electrons. The number of nitrogens with zero attached hydrogens (tertiary/aromatic N) is 1. The maximum Gasteiger partial charge on any atom is 0.245 e. The quantitative estimate of drug-likeness (QED) is 0.802. The van der Waals surface area contributed by atoms with Crippen LogP contribution in [0.2, 0.25) is 5.02 Å². The lowest BCUT2D eigenvalue weighted by Gasteiger charge is -2.20. The van der Waals surface area contributed by atoms with E-state index in [2.05, 4.69) is 0 Å². The molecule has 20 heavy (non-hydrogen) atoms. The molecule has 1 aliphatic heterocycles. The Balaban J connectivity index is 2.35. The predicted molar refractivity (Wildman–Crippen MR) is 77.9 cm³/mol. The molecular formula is C11H15ClN2O4S2. The molecule has 1 fully saturated rings. The van der Waals surface area contributed by atoms with Gasteiger partial charge >= 0.3 is 0 Å². The second-order valence-electron chi connectivity index (χ2n) is 4.59. The van der Waals surface area contributed by atoms with Crippen molar-refractivity contribution >= 4 is 37.1 Å². The van der Waals surface area contributed by atoms with Crippen molar-refractivity contribution in [2.24, 2.45) is 0 Å². The summed E-state index contributed by atoms with van der Waals surface area (Å²) in [5.41, 5.74) is 5.76. The van der Waals surface area contributed by atoms with Gasteiger partial charge in [0.25, 0.3) is 0 Å². The molecule has 0 unspecified atom stereocenters. The highest BCUT2D eigenvalue weighted by Gasteiger charge is 2.30. The molecule has 1 aromatic carbocycles. The highest BCUT2D eigenvalue weighted by atomic mass is 35.5. The number of hydrogen-bond donors (Lipinski definition) is 1. The summed E-state index contributed by atoms with van der Waals surface area (Å²) in [6.07, 6.45) is 0.287. The standard InChI is InChI=1S/C11H15ClN2O4S2/c12-9-2-3-11(10(13)8-9)20(17,18)14-4-1-6-19(15,16)7-5-14/h2-3,8H,1,4-7,13H2. The molecule has 1 aromatic rings. The van der Waals surface area contributed by atoms with Gasteiger partial charge in [-0.1, -0.05) is 11.6 Å². The van der Waals surface area contributed by atoms with E-state index in [0.29, 0.717) is 5.02 Å². The fourth-order valence-corrected chi connectivity index (χ4v) is 5.19. The zero-order chi connectivity index (χ0) is 15.0. The SMILES string of the molecule is Nc1cc(Cl)ccc1S(=O)(=O)N1CCCS(=O)(=O)CC1. The summed E-state index contributed by atoms with van der Waals surface area (Å²) >= 11 is 5.75. The molecule has 0 aliphatic carbocycles. The Morgan fingerprint density at radius 3 is 2.55 bits per heavy atom. The Bertz CT molecular complexity index is 716. The fraction of sp³-hybridized carbons (Fsp3) is 0.455. The largest absolute Gasteiger partial charge is 0.398 e. The van der Waals surface area contributed by atoms with E-state index in [1.54, 1.807) is 0 Å². The summed E-state index contributed by atoms with van der Waals surface area (Å²) in [4.78, 5) is -0.0406. The Kier molecular flexibility index (Phi) is 4.29. The van der Waals surface area contributed by atoms with Crippen molar-refractivity contribution in [3.63, 3.8) is 0 Å². The lowest BCUT2D eigenvalue weighted by Crippen LogP contribution is -2.34. The Morgan fingerprint density at radius 2 is 1.90 bits per heavy atom. The third kappa shape index (κ3) is 3.25. The van der Waals surface area contributed by atoms with E-state index < -0.39 is 19.9 Å². The highest BCUT2D eigenvalue weighted by molar-refractivity contribution is 7.91. The third-order valence-corrected chi connectivity index (χ3v) is 7.03. The summed E-state index contributed by atoms with van der Waals surface area (Å²) in [5.74, 6) is -0.158. The van der Waals surface area contributed by atoms with Crippen molar-refractivity contribution in [2.75, 3.05) is 30.3 Å². The van der Waals surface area contributed by atoms with Crippen molar-refractivity contribution in [1.82, 2.24) is 4.31 Å². The summed E-state index contributed by atoms with van der Waals surface area (Å²) in [7, 11) is -6.97. The minimum absolute atomic E-state index is 0.00905. The molecular weight excluding hydrogens is 324 g/mol. The first-order valence-electron chi connectivity index (χ1n) is 5.98. The van der Waals surface area contributed by atoms with Gasteiger partial charge in [0, 0.05) is 18.1 Å². The summed E-state index contributed by atoms with van der Waals surface area (Å²) in [6.45, 7) is 0.121. The summed E-state index contributed by atoms with van der Waals surface area (Å²) < 4.78 is 49.2. The number of nitrogen functional groups attached to an aromatic ring is 1. The molecule has 0 atom stereocenters. The number of benzene rings is 1. The molecule has 1 heterocycles. The van der Waals surface area contributed by atoms with Gasteiger partial charge in [0.1, 0.15) is 4.90 Å². The Labute approximate surface area is 123 Å². The van der Waals surface area contributed by atoms with Gasteiger partial charge in [-0.2, -0.15) is 4.31 Å². The van der Waals surface area contributed by atoms with Crippen molar-refractivity contribution in [3.8, 4) is 0 Å². The zero-order valence-corrected chi connectivity index (χ0v) is 13.0. The van der Waals surface area contributed by atoms with E-state index in [9.17, 15) is 16.8 Å². The van der Waals surface area contributed by atoms with Crippen LogP contribution in [0.1, 0.15) is 6.42 Å². The van der Waals surface area contributed by atoms with E-state index in [4.69, 9.17) is 17.3 Å². The predicted octanol–water partition coefficient (Wildman–Crippen LogP) is 0.731. The van der Waals surface area contributed by atoms with Crippen LogP contribution >= 0.6 is 11.6 Å². The van der Waals surface area contributed by atoms with Gasteiger partial charge in [-0.15, -0.1) is 0 Å². The Hall–Kier alpha value is -0.830. The van der Waals surface area contributed by atoms with Crippen molar-refractivity contribution < 1.29 is 16.8 Å². The van der Waals surface area contributed by atoms with Crippen molar-refractivity contribution in [3.05, 3.63) is 23.2 Å². The molecule has 1 saturated heterocycles. The van der Waals surface area contributed by atoms with Crippen LogP contribution in [0.15, 0.2) is 23.1 Å². The van der Waals surface area contributed by atoms with Crippen molar-refractivity contribution in [1.29, 1.82) is 0 Å². The maximum atomic E-state index is 12.5. The van der Waals surface area contributed by atoms with Crippen LogP contribution in [-0.4, -0.2) is 45.7 Å². The average Bonchev–Trinajstić information content (AvgIpc) is 2.50. The molecule has 0 aromatic heterocycles. The molecule has 0 spiro atoms. The molecule has 6 nitrogen and oxygen atoms in total. The molecule has 112 valence electrons. The van der Waals surface area contributed by atoms with Crippen molar-refractivity contribution in [2.45, 2.75) is 11.3 Å². The number of sulfonamides is 1. The van der Waals surface area contributed by atoms with E-state index in [1.807, 2.05) is 0 Å². The highest BCUT2D eigenvalue weighted by Crippen LogP contribution is 2.26. The normalized spacial score (nSPS) is 20.4. The summed E-state index contributed by atoms with van der Waals surface area (Å²) in [5, 5.41) is 0.347. The van der Waals surface area contributed by atoms with Gasteiger partial charge in [-0.05, 0) is 24.6 Å². The molecule has 9 heteroatoms. The molecule has 0 bridgehead atoms. The van der Waals surface area contributed by atoms with E-state index in [1.165, 1.54) is 18.2 Å². The Morgan fingerprint density at radius 1 is 1.20 bits per heavy atom. The van der Waals surface area contributed by atoms with Gasteiger partial charge < -0.3 is 5.73 Å². The van der Waals surface area contributed by atoms with Crippen LogP contribution < -0.4 is 5.73 Å². The summed E-state index contributed by atoms with van der Waals surface area (Å²) in [6, 6.07) is 4.15. The molecule has 0 amide bonds. The molecule has 1 aliphatic rings. The van der Waals surface area contributed by atoms with E-state index >= 15 is 0 Å². The van der Waals surface area contributed by atoms with Gasteiger partial charge in [0.15, 0.2) is 9.84 Å². The maximum absolute atomic E-state index is 12.5. The third-order valence-electron chi connectivity index (χ3n) is 3.10. The second-order valence-corrected chi connectivity index (χ2v) is 9.24. The first kappa shape index (κ1) is 15.6. The number of anilines is 1. The van der Waals surface area contributed by atoms with Crippen LogP contribution in [0.3, 0.4) is 0 Å². The molecule has 2 rings (SSSR count). The van der Waals surface area contributed by atoms with Crippen LogP contribution in [0.25, 0.3) is 0 Å².